The van der Waals surface area contributed by atoms with Crippen LogP contribution in [0.15, 0.2) is 0 Å². The molecule has 3 heterocycles. The van der Waals surface area contributed by atoms with Crippen molar-refractivity contribution >= 4 is 5.91 Å². The van der Waals surface area contributed by atoms with Crippen LogP contribution in [0.5, 0.6) is 0 Å². The number of piperidine rings is 1. The van der Waals surface area contributed by atoms with E-state index in [0.29, 0.717) is 6.54 Å². The fraction of sp³-hybridized carbons (Fsp3) is 0.714. The monoisotopic (exact) mass is 262 g/mol. The summed E-state index contributed by atoms with van der Waals surface area (Å²) in [6, 6.07) is 0. The van der Waals surface area contributed by atoms with E-state index in [1.54, 1.807) is 0 Å². The molecular weight excluding hydrogens is 240 g/mol. The summed E-state index contributed by atoms with van der Waals surface area (Å²) in [5.74, 6) is 1.22. The average molecular weight is 262 g/mol. The zero-order valence-electron chi connectivity index (χ0n) is 11.6. The van der Waals surface area contributed by atoms with Crippen molar-refractivity contribution in [3.63, 3.8) is 0 Å². The Kier molecular flexibility index (Phi) is 3.55. The minimum Gasteiger partial charge on any atom is -0.341 e. The van der Waals surface area contributed by atoms with E-state index in [1.165, 1.54) is 12.1 Å². The van der Waals surface area contributed by atoms with Gasteiger partial charge in [0, 0.05) is 38.3 Å². The number of nitrogens with zero attached hydrogens (tertiary/aromatic N) is 3. The van der Waals surface area contributed by atoms with Crippen molar-refractivity contribution in [2.45, 2.75) is 45.7 Å². The van der Waals surface area contributed by atoms with Crippen LogP contribution in [0.1, 0.15) is 36.5 Å². The third-order valence-electron chi connectivity index (χ3n) is 4.18. The lowest BCUT2D eigenvalue weighted by Gasteiger charge is -2.27. The number of amides is 1. The van der Waals surface area contributed by atoms with Gasteiger partial charge in [-0.1, -0.05) is 0 Å². The molecule has 104 valence electrons. The van der Waals surface area contributed by atoms with Crippen LogP contribution in [0.3, 0.4) is 0 Å². The molecule has 1 aromatic rings. The predicted octanol–water partition coefficient (Wildman–Crippen LogP) is 0.850. The number of likely N-dealkylation sites (tertiary alicyclic amines) is 1. The van der Waals surface area contributed by atoms with Gasteiger partial charge in [0.1, 0.15) is 12.4 Å². The molecule has 1 amide bonds. The molecule has 0 atom stereocenters. The number of carbonyl (C=O) groups excluding carboxylic acids is 1. The fourth-order valence-electron chi connectivity index (χ4n) is 3.09. The molecule has 1 fully saturated rings. The Hall–Kier alpha value is -1.36. The van der Waals surface area contributed by atoms with Crippen LogP contribution >= 0.6 is 0 Å². The summed E-state index contributed by atoms with van der Waals surface area (Å²) in [5, 5.41) is 3.33. The second kappa shape index (κ2) is 5.33. The van der Waals surface area contributed by atoms with Gasteiger partial charge < -0.3 is 14.8 Å². The van der Waals surface area contributed by atoms with Gasteiger partial charge in [-0.05, 0) is 26.2 Å². The zero-order valence-corrected chi connectivity index (χ0v) is 11.6. The molecule has 1 aromatic heterocycles. The van der Waals surface area contributed by atoms with Gasteiger partial charge in [0.05, 0.1) is 5.69 Å². The van der Waals surface area contributed by atoms with Gasteiger partial charge in [-0.2, -0.15) is 0 Å². The Morgan fingerprint density at radius 3 is 2.89 bits per heavy atom. The highest BCUT2D eigenvalue weighted by Crippen LogP contribution is 2.17. The maximum Gasteiger partial charge on any atom is 0.242 e. The van der Waals surface area contributed by atoms with E-state index < -0.39 is 0 Å². The van der Waals surface area contributed by atoms with E-state index in [9.17, 15) is 4.79 Å². The molecule has 0 aromatic carbocycles. The number of aromatic nitrogens is 2. The summed E-state index contributed by atoms with van der Waals surface area (Å²) in [5.41, 5.74) is 2.37. The molecule has 5 nitrogen and oxygen atoms in total. The molecule has 0 unspecified atom stereocenters. The normalized spacial score (nSPS) is 19.3. The number of carbonyl (C=O) groups is 1. The lowest BCUT2D eigenvalue weighted by atomic mass is 10.1. The molecule has 2 aliphatic rings. The van der Waals surface area contributed by atoms with Crippen LogP contribution < -0.4 is 5.32 Å². The van der Waals surface area contributed by atoms with Crippen molar-refractivity contribution in [1.29, 1.82) is 0 Å². The maximum absolute atomic E-state index is 12.4. The number of rotatable bonds is 2. The Morgan fingerprint density at radius 2 is 2.11 bits per heavy atom. The second-order valence-corrected chi connectivity index (χ2v) is 5.51. The minimum atomic E-state index is 0.251. The minimum absolute atomic E-state index is 0.251. The van der Waals surface area contributed by atoms with E-state index in [1.807, 2.05) is 11.8 Å². The van der Waals surface area contributed by atoms with Crippen molar-refractivity contribution in [2.75, 3.05) is 19.6 Å². The molecule has 0 radical (unpaired) electrons. The summed E-state index contributed by atoms with van der Waals surface area (Å²) in [6.45, 7) is 6.14. The molecule has 1 saturated heterocycles. The smallest absolute Gasteiger partial charge is 0.242 e. The molecule has 19 heavy (non-hydrogen) atoms. The van der Waals surface area contributed by atoms with Crippen LogP contribution in [-0.2, 0) is 24.3 Å². The van der Waals surface area contributed by atoms with E-state index in [4.69, 9.17) is 0 Å². The molecule has 5 heteroatoms. The van der Waals surface area contributed by atoms with Crippen molar-refractivity contribution in [3.8, 4) is 0 Å². The van der Waals surface area contributed by atoms with Crippen LogP contribution in [-0.4, -0.2) is 40.0 Å². The lowest BCUT2D eigenvalue weighted by molar-refractivity contribution is -0.132. The first kappa shape index (κ1) is 12.7. The first-order valence-corrected chi connectivity index (χ1v) is 7.29. The third kappa shape index (κ3) is 2.52. The fourth-order valence-corrected chi connectivity index (χ4v) is 3.09. The summed E-state index contributed by atoms with van der Waals surface area (Å²) in [6.07, 6.45) is 4.53. The summed E-state index contributed by atoms with van der Waals surface area (Å²) >= 11 is 0. The predicted molar refractivity (Wildman–Crippen MR) is 72.8 cm³/mol. The number of hydrogen-bond acceptors (Lipinski definition) is 3. The van der Waals surface area contributed by atoms with Crippen LogP contribution in [0.2, 0.25) is 0 Å². The summed E-state index contributed by atoms with van der Waals surface area (Å²) in [4.78, 5) is 19.0. The SMILES string of the molecule is Cc1nc2c(n1CC(=O)N1CCCCC1)CCNC2. The standard InChI is InChI=1S/C14H22N4O/c1-11-16-12-9-15-6-5-13(12)18(11)10-14(19)17-7-3-2-4-8-17/h15H,2-10H2,1H3. The maximum atomic E-state index is 12.4. The van der Waals surface area contributed by atoms with Gasteiger partial charge >= 0.3 is 0 Å². The largest absolute Gasteiger partial charge is 0.341 e. The summed E-state index contributed by atoms with van der Waals surface area (Å²) in [7, 11) is 0. The van der Waals surface area contributed by atoms with Crippen LogP contribution in [0.25, 0.3) is 0 Å². The van der Waals surface area contributed by atoms with Gasteiger partial charge in [-0.3, -0.25) is 4.79 Å². The van der Waals surface area contributed by atoms with E-state index in [-0.39, 0.29) is 5.91 Å². The lowest BCUT2D eigenvalue weighted by Crippen LogP contribution is -2.38. The number of aryl methyl sites for hydroxylation is 1. The highest BCUT2D eigenvalue weighted by molar-refractivity contribution is 5.76. The van der Waals surface area contributed by atoms with E-state index in [0.717, 1.165) is 57.0 Å². The van der Waals surface area contributed by atoms with Gasteiger partial charge in [0.2, 0.25) is 5.91 Å². The van der Waals surface area contributed by atoms with E-state index >= 15 is 0 Å². The first-order valence-electron chi connectivity index (χ1n) is 7.29. The Labute approximate surface area is 114 Å². The molecule has 2 aliphatic heterocycles. The third-order valence-corrected chi connectivity index (χ3v) is 4.18. The zero-order chi connectivity index (χ0) is 13.2. The number of hydrogen-bond donors (Lipinski definition) is 1. The number of fused-ring (bicyclic) bond motifs is 1. The van der Waals surface area contributed by atoms with Crippen molar-refractivity contribution < 1.29 is 4.79 Å². The quantitative estimate of drug-likeness (QED) is 0.859. The number of imidazole rings is 1. The molecule has 0 saturated carbocycles. The van der Waals surface area contributed by atoms with Crippen LogP contribution in [0.4, 0.5) is 0 Å². The second-order valence-electron chi connectivity index (χ2n) is 5.51. The van der Waals surface area contributed by atoms with E-state index in [2.05, 4.69) is 14.9 Å². The van der Waals surface area contributed by atoms with Gasteiger partial charge in [-0.15, -0.1) is 0 Å². The van der Waals surface area contributed by atoms with Crippen molar-refractivity contribution in [3.05, 3.63) is 17.2 Å². The average Bonchev–Trinajstić information content (AvgIpc) is 2.76. The Morgan fingerprint density at radius 1 is 1.32 bits per heavy atom. The topological polar surface area (TPSA) is 50.2 Å². The van der Waals surface area contributed by atoms with Gasteiger partial charge in [-0.25, -0.2) is 4.98 Å². The molecule has 0 bridgehead atoms. The Bertz CT molecular complexity index is 474. The highest BCUT2D eigenvalue weighted by atomic mass is 16.2. The Balaban J connectivity index is 1.75. The van der Waals surface area contributed by atoms with Crippen LogP contribution in [0, 0.1) is 6.92 Å². The van der Waals surface area contributed by atoms with Crippen molar-refractivity contribution in [1.82, 2.24) is 19.8 Å². The molecule has 3 rings (SSSR count). The summed E-state index contributed by atoms with van der Waals surface area (Å²) < 4.78 is 2.12. The molecule has 0 aliphatic carbocycles. The molecule has 1 N–H and O–H groups in total. The van der Waals surface area contributed by atoms with Crippen molar-refractivity contribution in [2.24, 2.45) is 0 Å². The highest BCUT2D eigenvalue weighted by Gasteiger charge is 2.22. The number of nitrogens with one attached hydrogen (secondary N) is 1. The van der Waals surface area contributed by atoms with Gasteiger partial charge in [0.15, 0.2) is 0 Å². The first-order chi connectivity index (χ1) is 9.25. The molecule has 0 spiro atoms. The molecular formula is C14H22N4O. The van der Waals surface area contributed by atoms with Gasteiger partial charge in [0.25, 0.3) is 0 Å².